The molecule has 3 rings (SSSR count). The van der Waals surface area contributed by atoms with Crippen molar-refractivity contribution in [3.8, 4) is 0 Å². The van der Waals surface area contributed by atoms with Crippen LogP contribution in [-0.4, -0.2) is 12.5 Å². The Morgan fingerprint density at radius 2 is 2.00 bits per heavy atom. The van der Waals surface area contributed by atoms with Gasteiger partial charge in [0.15, 0.2) is 0 Å². The Hall–Kier alpha value is -1.87. The van der Waals surface area contributed by atoms with Crippen LogP contribution in [0.4, 0.5) is 10.1 Å². The standard InChI is InChI=1S/C18H17ClFNO/c1-2-12-11-21(16-8-4-6-14(19)10-16)18(22)17(12)13-5-3-7-15(20)9-13/h3-10,12,17H,2,11H2,1H3/t12-,17-/m1/s1. The molecule has 2 nitrogen and oxygen atoms in total. The zero-order chi connectivity index (χ0) is 15.7. The van der Waals surface area contributed by atoms with Crippen molar-refractivity contribution in [3.05, 3.63) is 64.9 Å². The first-order valence-electron chi connectivity index (χ1n) is 7.42. The highest BCUT2D eigenvalue weighted by molar-refractivity contribution is 6.31. The molecular weight excluding hydrogens is 301 g/mol. The van der Waals surface area contributed by atoms with Crippen LogP contribution in [0, 0.1) is 11.7 Å². The third-order valence-electron chi connectivity index (χ3n) is 4.27. The summed E-state index contributed by atoms with van der Waals surface area (Å²) in [5.74, 6) is -0.408. The SMILES string of the molecule is CC[C@@H]1CN(c2cccc(Cl)c2)C(=O)[C@H]1c1cccc(F)c1. The van der Waals surface area contributed by atoms with E-state index in [-0.39, 0.29) is 23.6 Å². The predicted molar refractivity (Wildman–Crippen MR) is 86.7 cm³/mol. The van der Waals surface area contributed by atoms with E-state index in [4.69, 9.17) is 11.6 Å². The molecule has 4 heteroatoms. The number of hydrogen-bond donors (Lipinski definition) is 0. The van der Waals surface area contributed by atoms with Gasteiger partial charge >= 0.3 is 0 Å². The summed E-state index contributed by atoms with van der Waals surface area (Å²) in [5, 5.41) is 0.604. The van der Waals surface area contributed by atoms with Crippen LogP contribution in [0.25, 0.3) is 0 Å². The van der Waals surface area contributed by atoms with Crippen molar-refractivity contribution < 1.29 is 9.18 Å². The molecule has 2 aromatic rings. The Kier molecular flexibility index (Phi) is 4.16. The Morgan fingerprint density at radius 3 is 2.68 bits per heavy atom. The largest absolute Gasteiger partial charge is 0.312 e. The lowest BCUT2D eigenvalue weighted by Gasteiger charge is -2.17. The van der Waals surface area contributed by atoms with Crippen LogP contribution in [0.3, 0.4) is 0 Å². The fourth-order valence-electron chi connectivity index (χ4n) is 3.16. The smallest absolute Gasteiger partial charge is 0.234 e. The molecule has 0 bridgehead atoms. The van der Waals surface area contributed by atoms with Crippen LogP contribution in [0.2, 0.25) is 5.02 Å². The number of nitrogens with zero attached hydrogens (tertiary/aromatic N) is 1. The van der Waals surface area contributed by atoms with E-state index in [1.54, 1.807) is 23.1 Å². The fraction of sp³-hybridized carbons (Fsp3) is 0.278. The number of rotatable bonds is 3. The predicted octanol–water partition coefficient (Wildman–Crippen LogP) is 4.64. The zero-order valence-electron chi connectivity index (χ0n) is 12.3. The maximum Gasteiger partial charge on any atom is 0.234 e. The molecule has 0 N–H and O–H groups in total. The highest BCUT2D eigenvalue weighted by Crippen LogP contribution is 2.38. The summed E-state index contributed by atoms with van der Waals surface area (Å²) in [5.41, 5.74) is 1.55. The molecular formula is C18H17ClFNO. The van der Waals surface area contributed by atoms with Crippen LogP contribution in [0.1, 0.15) is 24.8 Å². The van der Waals surface area contributed by atoms with Gasteiger partial charge in [-0.25, -0.2) is 4.39 Å². The first kappa shape index (κ1) is 15.0. The van der Waals surface area contributed by atoms with Crippen molar-refractivity contribution in [2.75, 3.05) is 11.4 Å². The molecule has 114 valence electrons. The van der Waals surface area contributed by atoms with E-state index in [1.165, 1.54) is 12.1 Å². The van der Waals surface area contributed by atoms with Gasteiger partial charge in [-0.15, -0.1) is 0 Å². The number of benzene rings is 2. The van der Waals surface area contributed by atoms with Crippen molar-refractivity contribution in [3.63, 3.8) is 0 Å². The summed E-state index contributed by atoms with van der Waals surface area (Å²) in [6.45, 7) is 2.70. The summed E-state index contributed by atoms with van der Waals surface area (Å²) in [7, 11) is 0. The Bertz CT molecular complexity index is 703. The van der Waals surface area contributed by atoms with E-state index in [9.17, 15) is 9.18 Å². The van der Waals surface area contributed by atoms with Crippen LogP contribution < -0.4 is 4.90 Å². The number of carbonyl (C=O) groups is 1. The highest BCUT2D eigenvalue weighted by atomic mass is 35.5. The monoisotopic (exact) mass is 317 g/mol. The van der Waals surface area contributed by atoms with E-state index >= 15 is 0 Å². The van der Waals surface area contributed by atoms with E-state index in [2.05, 4.69) is 6.92 Å². The fourth-order valence-corrected chi connectivity index (χ4v) is 3.34. The second-order valence-electron chi connectivity index (χ2n) is 5.63. The molecule has 22 heavy (non-hydrogen) atoms. The molecule has 0 saturated carbocycles. The van der Waals surface area contributed by atoms with Gasteiger partial charge in [0, 0.05) is 17.3 Å². The van der Waals surface area contributed by atoms with E-state index < -0.39 is 0 Å². The van der Waals surface area contributed by atoms with Crippen molar-refractivity contribution in [2.24, 2.45) is 5.92 Å². The second-order valence-corrected chi connectivity index (χ2v) is 6.07. The van der Waals surface area contributed by atoms with Crippen LogP contribution in [0.5, 0.6) is 0 Å². The number of halogens is 2. The summed E-state index contributed by atoms with van der Waals surface area (Å²) in [6, 6.07) is 13.6. The molecule has 2 atom stereocenters. The van der Waals surface area contributed by atoms with Gasteiger partial charge in [-0.05, 0) is 41.8 Å². The van der Waals surface area contributed by atoms with Crippen molar-refractivity contribution in [1.82, 2.24) is 0 Å². The highest BCUT2D eigenvalue weighted by Gasteiger charge is 2.41. The molecule has 2 aromatic carbocycles. The molecule has 0 spiro atoms. The molecule has 1 heterocycles. The van der Waals surface area contributed by atoms with Gasteiger partial charge in [0.25, 0.3) is 0 Å². The summed E-state index contributed by atoms with van der Waals surface area (Å²) < 4.78 is 13.5. The number of amides is 1. The van der Waals surface area contributed by atoms with Gasteiger partial charge in [0.2, 0.25) is 5.91 Å². The number of hydrogen-bond acceptors (Lipinski definition) is 1. The first-order chi connectivity index (χ1) is 10.6. The maximum absolute atomic E-state index is 13.5. The lowest BCUT2D eigenvalue weighted by atomic mass is 9.87. The lowest BCUT2D eigenvalue weighted by molar-refractivity contribution is -0.118. The molecule has 0 aromatic heterocycles. The quantitative estimate of drug-likeness (QED) is 0.808. The third-order valence-corrected chi connectivity index (χ3v) is 4.51. The molecule has 0 unspecified atom stereocenters. The molecule has 0 radical (unpaired) electrons. The zero-order valence-corrected chi connectivity index (χ0v) is 13.1. The van der Waals surface area contributed by atoms with Gasteiger partial charge in [-0.2, -0.15) is 0 Å². The van der Waals surface area contributed by atoms with Crippen molar-refractivity contribution >= 4 is 23.2 Å². The van der Waals surface area contributed by atoms with E-state index in [0.717, 1.165) is 17.7 Å². The van der Waals surface area contributed by atoms with E-state index in [0.29, 0.717) is 11.6 Å². The molecule has 1 aliphatic rings. The molecule has 0 aliphatic carbocycles. The normalized spacial score (nSPS) is 21.4. The third kappa shape index (κ3) is 2.73. The van der Waals surface area contributed by atoms with Gasteiger partial charge in [0.1, 0.15) is 5.82 Å². The lowest BCUT2D eigenvalue weighted by Crippen LogP contribution is -2.26. The van der Waals surface area contributed by atoms with Gasteiger partial charge in [-0.3, -0.25) is 4.79 Å². The first-order valence-corrected chi connectivity index (χ1v) is 7.80. The Morgan fingerprint density at radius 1 is 1.23 bits per heavy atom. The van der Waals surface area contributed by atoms with Gasteiger partial charge in [0.05, 0.1) is 5.92 Å². The van der Waals surface area contributed by atoms with Crippen LogP contribution >= 0.6 is 11.6 Å². The number of carbonyl (C=O) groups excluding carboxylic acids is 1. The minimum Gasteiger partial charge on any atom is -0.312 e. The van der Waals surface area contributed by atoms with Crippen molar-refractivity contribution in [2.45, 2.75) is 19.3 Å². The van der Waals surface area contributed by atoms with Gasteiger partial charge in [-0.1, -0.05) is 43.1 Å². The minimum atomic E-state index is -0.304. The molecule has 1 fully saturated rings. The molecule has 1 amide bonds. The Labute approximate surface area is 134 Å². The summed E-state index contributed by atoms with van der Waals surface area (Å²) in [4.78, 5) is 14.6. The molecule has 1 saturated heterocycles. The summed E-state index contributed by atoms with van der Waals surface area (Å²) in [6.07, 6.45) is 0.865. The van der Waals surface area contributed by atoms with Gasteiger partial charge < -0.3 is 4.90 Å². The van der Waals surface area contributed by atoms with E-state index in [1.807, 2.05) is 18.2 Å². The molecule has 1 aliphatic heterocycles. The van der Waals surface area contributed by atoms with Crippen LogP contribution in [-0.2, 0) is 4.79 Å². The Balaban J connectivity index is 1.96. The second kappa shape index (κ2) is 6.09. The topological polar surface area (TPSA) is 20.3 Å². The van der Waals surface area contributed by atoms with Crippen molar-refractivity contribution in [1.29, 1.82) is 0 Å². The average Bonchev–Trinajstić information content (AvgIpc) is 2.84. The average molecular weight is 318 g/mol. The minimum absolute atomic E-state index is 0.0136. The summed E-state index contributed by atoms with van der Waals surface area (Å²) >= 11 is 6.03. The maximum atomic E-state index is 13.5. The number of anilines is 1. The van der Waals surface area contributed by atoms with Crippen LogP contribution in [0.15, 0.2) is 48.5 Å².